The molecule has 4 N–H and O–H groups in total. The van der Waals surface area contributed by atoms with Gasteiger partial charge >= 0.3 is 0 Å². The van der Waals surface area contributed by atoms with E-state index in [1.54, 1.807) is 0 Å². The van der Waals surface area contributed by atoms with Crippen LogP contribution in [-0.4, -0.2) is 18.2 Å². The molecule has 0 amide bonds. The standard InChI is InChI=1S/C12H18N2O/c13-11-4-2-1-3-10(11)12(15)7-9-5-6-14-8-9/h1-4,9,12,14-15H,5-8,13H2. The summed E-state index contributed by atoms with van der Waals surface area (Å²) in [6.07, 6.45) is 1.54. The number of nitrogens with two attached hydrogens (primary N) is 1. The monoisotopic (exact) mass is 206 g/mol. The lowest BCUT2D eigenvalue weighted by atomic mass is 9.95. The van der Waals surface area contributed by atoms with E-state index in [1.165, 1.54) is 0 Å². The largest absolute Gasteiger partial charge is 0.398 e. The lowest BCUT2D eigenvalue weighted by Crippen LogP contribution is -2.12. The van der Waals surface area contributed by atoms with Gasteiger partial charge in [-0.15, -0.1) is 0 Å². The second-order valence-electron chi connectivity index (χ2n) is 4.24. The van der Waals surface area contributed by atoms with Crippen LogP contribution in [0, 0.1) is 5.92 Å². The van der Waals surface area contributed by atoms with Crippen molar-refractivity contribution in [3.63, 3.8) is 0 Å². The van der Waals surface area contributed by atoms with Gasteiger partial charge in [0.25, 0.3) is 0 Å². The molecule has 2 atom stereocenters. The number of rotatable bonds is 3. The molecule has 1 saturated heterocycles. The summed E-state index contributed by atoms with van der Waals surface area (Å²) in [5.41, 5.74) is 7.38. The summed E-state index contributed by atoms with van der Waals surface area (Å²) >= 11 is 0. The first-order chi connectivity index (χ1) is 7.27. The topological polar surface area (TPSA) is 58.3 Å². The van der Waals surface area contributed by atoms with Crippen molar-refractivity contribution in [2.24, 2.45) is 5.92 Å². The number of nitrogen functional groups attached to an aromatic ring is 1. The van der Waals surface area contributed by atoms with Crippen LogP contribution in [0.3, 0.4) is 0 Å². The van der Waals surface area contributed by atoms with Gasteiger partial charge in [-0.05, 0) is 37.9 Å². The molecule has 1 aromatic rings. The number of para-hydroxylation sites is 1. The molecule has 1 aliphatic rings. The van der Waals surface area contributed by atoms with E-state index in [4.69, 9.17) is 5.73 Å². The van der Waals surface area contributed by atoms with Crippen molar-refractivity contribution < 1.29 is 5.11 Å². The summed E-state index contributed by atoms with van der Waals surface area (Å²) in [5, 5.41) is 13.4. The predicted octanol–water partition coefficient (Wildman–Crippen LogP) is 1.30. The molecule has 0 spiro atoms. The molecule has 0 aliphatic carbocycles. The zero-order valence-electron chi connectivity index (χ0n) is 8.82. The highest BCUT2D eigenvalue weighted by atomic mass is 16.3. The average molecular weight is 206 g/mol. The Labute approximate surface area is 90.3 Å². The number of benzene rings is 1. The van der Waals surface area contributed by atoms with Gasteiger partial charge in [-0.25, -0.2) is 0 Å². The van der Waals surface area contributed by atoms with Crippen molar-refractivity contribution in [3.8, 4) is 0 Å². The summed E-state index contributed by atoms with van der Waals surface area (Å²) in [7, 11) is 0. The zero-order valence-corrected chi connectivity index (χ0v) is 8.82. The van der Waals surface area contributed by atoms with Crippen LogP contribution in [0.2, 0.25) is 0 Å². The molecule has 0 aromatic heterocycles. The number of nitrogens with one attached hydrogen (secondary N) is 1. The highest BCUT2D eigenvalue weighted by Crippen LogP contribution is 2.27. The zero-order chi connectivity index (χ0) is 10.7. The Kier molecular flexibility index (Phi) is 3.23. The van der Waals surface area contributed by atoms with Crippen molar-refractivity contribution in [1.82, 2.24) is 5.32 Å². The number of aliphatic hydroxyl groups is 1. The molecular formula is C12H18N2O. The maximum Gasteiger partial charge on any atom is 0.0813 e. The third kappa shape index (κ3) is 2.49. The van der Waals surface area contributed by atoms with E-state index in [1.807, 2.05) is 24.3 Å². The Balaban J connectivity index is 2.00. The van der Waals surface area contributed by atoms with Crippen LogP contribution in [0.25, 0.3) is 0 Å². The van der Waals surface area contributed by atoms with Crippen molar-refractivity contribution >= 4 is 5.69 Å². The Bertz CT molecular complexity index is 321. The van der Waals surface area contributed by atoms with Crippen molar-refractivity contribution in [1.29, 1.82) is 0 Å². The molecule has 3 heteroatoms. The minimum Gasteiger partial charge on any atom is -0.398 e. The molecule has 1 aromatic carbocycles. The molecule has 1 fully saturated rings. The van der Waals surface area contributed by atoms with Gasteiger partial charge < -0.3 is 16.2 Å². The van der Waals surface area contributed by atoms with E-state index in [9.17, 15) is 5.11 Å². The van der Waals surface area contributed by atoms with Gasteiger partial charge in [0.15, 0.2) is 0 Å². The van der Waals surface area contributed by atoms with Crippen LogP contribution in [0.5, 0.6) is 0 Å². The minimum absolute atomic E-state index is 0.420. The van der Waals surface area contributed by atoms with Gasteiger partial charge in [-0.1, -0.05) is 18.2 Å². The SMILES string of the molecule is Nc1ccccc1C(O)CC1CCNC1. The van der Waals surface area contributed by atoms with Crippen LogP contribution >= 0.6 is 0 Å². The maximum atomic E-state index is 10.1. The summed E-state index contributed by atoms with van der Waals surface area (Å²) in [6, 6.07) is 7.55. The van der Waals surface area contributed by atoms with Crippen LogP contribution < -0.4 is 11.1 Å². The van der Waals surface area contributed by atoms with Gasteiger partial charge in [-0.3, -0.25) is 0 Å². The Hall–Kier alpha value is -1.06. The molecule has 2 unspecified atom stereocenters. The fourth-order valence-corrected chi connectivity index (χ4v) is 2.17. The highest BCUT2D eigenvalue weighted by molar-refractivity contribution is 5.47. The Morgan fingerprint density at radius 3 is 2.93 bits per heavy atom. The van der Waals surface area contributed by atoms with Crippen LogP contribution in [0.4, 0.5) is 5.69 Å². The summed E-state index contributed by atoms with van der Waals surface area (Å²) in [6.45, 7) is 2.09. The molecule has 82 valence electrons. The fraction of sp³-hybridized carbons (Fsp3) is 0.500. The van der Waals surface area contributed by atoms with Gasteiger partial charge in [0.1, 0.15) is 0 Å². The quantitative estimate of drug-likeness (QED) is 0.653. The molecule has 1 heterocycles. The molecule has 3 nitrogen and oxygen atoms in total. The molecule has 15 heavy (non-hydrogen) atoms. The fourth-order valence-electron chi connectivity index (χ4n) is 2.17. The molecular weight excluding hydrogens is 188 g/mol. The van der Waals surface area contributed by atoms with Crippen molar-refractivity contribution in [2.75, 3.05) is 18.8 Å². The first-order valence-corrected chi connectivity index (χ1v) is 5.50. The van der Waals surface area contributed by atoms with Gasteiger partial charge in [0, 0.05) is 11.3 Å². The maximum absolute atomic E-state index is 10.1. The van der Waals surface area contributed by atoms with E-state index in [0.29, 0.717) is 11.6 Å². The number of anilines is 1. The normalized spacial score (nSPS) is 22.9. The number of hydrogen-bond donors (Lipinski definition) is 3. The third-order valence-corrected chi connectivity index (χ3v) is 3.07. The van der Waals surface area contributed by atoms with Crippen LogP contribution in [-0.2, 0) is 0 Å². The van der Waals surface area contributed by atoms with E-state index < -0.39 is 6.10 Å². The third-order valence-electron chi connectivity index (χ3n) is 3.07. The molecule has 2 rings (SSSR count). The lowest BCUT2D eigenvalue weighted by Gasteiger charge is -2.16. The van der Waals surface area contributed by atoms with Crippen molar-refractivity contribution in [3.05, 3.63) is 29.8 Å². The van der Waals surface area contributed by atoms with E-state index in [2.05, 4.69) is 5.32 Å². The Morgan fingerprint density at radius 1 is 1.47 bits per heavy atom. The van der Waals surface area contributed by atoms with Gasteiger partial charge in [0.2, 0.25) is 0 Å². The predicted molar refractivity (Wildman–Crippen MR) is 61.4 cm³/mol. The summed E-state index contributed by atoms with van der Waals surface area (Å²) in [4.78, 5) is 0. The molecule has 0 bridgehead atoms. The second-order valence-corrected chi connectivity index (χ2v) is 4.24. The van der Waals surface area contributed by atoms with Crippen LogP contribution in [0.15, 0.2) is 24.3 Å². The molecule has 0 radical (unpaired) electrons. The molecule has 1 aliphatic heterocycles. The lowest BCUT2D eigenvalue weighted by molar-refractivity contribution is 0.148. The van der Waals surface area contributed by atoms with E-state index in [0.717, 1.165) is 31.5 Å². The Morgan fingerprint density at radius 2 is 2.27 bits per heavy atom. The minimum atomic E-state index is -0.420. The van der Waals surface area contributed by atoms with E-state index >= 15 is 0 Å². The smallest absolute Gasteiger partial charge is 0.0813 e. The average Bonchev–Trinajstić information content (AvgIpc) is 2.71. The van der Waals surface area contributed by atoms with Crippen molar-refractivity contribution in [2.45, 2.75) is 18.9 Å². The first-order valence-electron chi connectivity index (χ1n) is 5.50. The number of aliphatic hydroxyl groups excluding tert-OH is 1. The second kappa shape index (κ2) is 4.64. The molecule has 0 saturated carbocycles. The first kappa shape index (κ1) is 10.5. The summed E-state index contributed by atoms with van der Waals surface area (Å²) < 4.78 is 0. The van der Waals surface area contributed by atoms with Gasteiger partial charge in [-0.2, -0.15) is 0 Å². The van der Waals surface area contributed by atoms with E-state index in [-0.39, 0.29) is 0 Å². The van der Waals surface area contributed by atoms with Gasteiger partial charge in [0.05, 0.1) is 6.10 Å². The van der Waals surface area contributed by atoms with Crippen LogP contribution in [0.1, 0.15) is 24.5 Å². The summed E-state index contributed by atoms with van der Waals surface area (Å²) in [5.74, 6) is 0.583. The number of hydrogen-bond acceptors (Lipinski definition) is 3. The highest BCUT2D eigenvalue weighted by Gasteiger charge is 2.20.